The highest BCUT2D eigenvalue weighted by Crippen LogP contribution is 1.98. The van der Waals surface area contributed by atoms with Crippen LogP contribution in [0.2, 0.25) is 0 Å². The largest absolute Gasteiger partial charge is 0.478 e. The first-order valence-electron chi connectivity index (χ1n) is 15.8. The van der Waals surface area contributed by atoms with Crippen molar-refractivity contribution in [2.45, 2.75) is 44.9 Å². The molecule has 0 aliphatic carbocycles. The summed E-state index contributed by atoms with van der Waals surface area (Å²) in [7, 11) is 0. The van der Waals surface area contributed by atoms with Crippen LogP contribution in [0.4, 0.5) is 9.59 Å². The summed E-state index contributed by atoms with van der Waals surface area (Å²) in [6.07, 6.45) is 6.43. The molecular formula is C29H67N9O8. The second kappa shape index (κ2) is 26.9. The molecule has 17 heteroatoms. The number of carbonyl (C=O) groups excluding carboxylic acids is 5. The number of rotatable bonds is 0. The van der Waals surface area contributed by atoms with E-state index in [1.807, 2.05) is 0 Å². The Kier molecular flexibility index (Phi) is 23.2. The molecule has 6 amide bonds. The first-order chi connectivity index (χ1) is 22.3. The lowest BCUT2D eigenvalue weighted by Gasteiger charge is -2.11. The van der Waals surface area contributed by atoms with E-state index in [1.54, 1.807) is 0 Å². The molecule has 7 rings (SSSR count). The predicted octanol–water partition coefficient (Wildman–Crippen LogP) is 0.571. The molecule has 0 aromatic rings. The lowest BCUT2D eigenvalue weighted by atomic mass is 10.2. The summed E-state index contributed by atoms with van der Waals surface area (Å²) >= 11 is 0. The third-order valence-corrected chi connectivity index (χ3v) is 6.11. The Morgan fingerprint density at radius 1 is 0.478 bits per heavy atom. The molecule has 7 fully saturated rings. The Hall–Kier alpha value is -4.41. The molecule has 276 valence electrons. The molecule has 7 saturated heterocycles. The first kappa shape index (κ1) is 39.6. The summed E-state index contributed by atoms with van der Waals surface area (Å²) in [5.41, 5.74) is 0. The highest BCUT2D eigenvalue weighted by atomic mass is 16.5. The summed E-state index contributed by atoms with van der Waals surface area (Å²) in [6.45, 7) is 17.2. The van der Waals surface area contributed by atoms with E-state index in [9.17, 15) is 24.0 Å². The quantitative estimate of drug-likeness (QED) is 0.174. The maximum Gasteiger partial charge on any atom is 0.407 e. The second-order valence-electron chi connectivity index (χ2n) is 10.1. The Bertz CT molecular complexity index is 790. The van der Waals surface area contributed by atoms with Crippen LogP contribution in [0.3, 0.4) is 0 Å². The van der Waals surface area contributed by atoms with Crippen molar-refractivity contribution in [3.63, 3.8) is 0 Å². The van der Waals surface area contributed by atoms with Gasteiger partial charge in [-0.15, -0.1) is 0 Å². The van der Waals surface area contributed by atoms with Gasteiger partial charge < -0.3 is 62.1 Å². The summed E-state index contributed by atoms with van der Waals surface area (Å²) in [5.74, 6) is 2.07. The average molecular weight is 670 g/mol. The van der Waals surface area contributed by atoms with E-state index < -0.39 is 0 Å². The van der Waals surface area contributed by atoms with E-state index in [2.05, 4.69) is 65.7 Å². The Morgan fingerprint density at radius 2 is 1.07 bits per heavy atom. The third-order valence-electron chi connectivity index (χ3n) is 6.11. The van der Waals surface area contributed by atoms with Gasteiger partial charge in [-0.1, -0.05) is 6.58 Å². The molecule has 7 aliphatic heterocycles. The number of alkyl carbamates (subject to hydrolysis) is 1. The molecule has 0 radical (unpaired) electrons. The van der Waals surface area contributed by atoms with Crippen molar-refractivity contribution in [1.29, 1.82) is 0 Å². The number of cyclic esters (lactones) is 1. The number of morpholine rings is 1. The van der Waals surface area contributed by atoms with Crippen molar-refractivity contribution in [3.8, 4) is 0 Å². The number of carbonyl (C=O) groups is 5. The summed E-state index contributed by atoms with van der Waals surface area (Å²) in [4.78, 5) is 51.1. The number of urea groups is 1. The topological polar surface area (TPSA) is 221 Å². The van der Waals surface area contributed by atoms with Gasteiger partial charge >= 0.3 is 12.1 Å². The predicted molar refractivity (Wildman–Crippen MR) is 186 cm³/mol. The molecule has 0 spiro atoms. The molecule has 46 heavy (non-hydrogen) atoms. The fraction of sp³-hybridized carbons (Fsp3) is 0.690. The van der Waals surface area contributed by atoms with Crippen LogP contribution in [0.5, 0.6) is 0 Å². The zero-order valence-corrected chi connectivity index (χ0v) is 26.8. The van der Waals surface area contributed by atoms with Crippen molar-refractivity contribution >= 4 is 29.8 Å². The molecular weight excluding hydrogens is 602 g/mol. The van der Waals surface area contributed by atoms with Crippen LogP contribution in [0, 0.1) is 0 Å². The van der Waals surface area contributed by atoms with Crippen molar-refractivity contribution in [2.75, 3.05) is 85.3 Å². The Labute approximate surface area is 281 Å². The van der Waals surface area contributed by atoms with Crippen LogP contribution in [0.25, 0.3) is 0 Å². The number of hydrogen-bond donors (Lipinski definition) is 9. The molecule has 7 aliphatic rings. The lowest BCUT2D eigenvalue weighted by molar-refractivity contribution is -0.129. The second-order valence-corrected chi connectivity index (χ2v) is 10.1. The Balaban J connectivity index is -0.0000000912. The zero-order valence-electron chi connectivity index (χ0n) is 26.8. The van der Waals surface area contributed by atoms with Crippen molar-refractivity contribution in [3.05, 3.63) is 24.9 Å². The van der Waals surface area contributed by atoms with Gasteiger partial charge in [0.05, 0.1) is 25.6 Å². The van der Waals surface area contributed by atoms with Gasteiger partial charge in [-0.2, -0.15) is 0 Å². The van der Waals surface area contributed by atoms with Gasteiger partial charge in [0.2, 0.25) is 17.7 Å². The van der Waals surface area contributed by atoms with Crippen LogP contribution in [-0.4, -0.2) is 115 Å². The molecule has 0 aromatic heterocycles. The van der Waals surface area contributed by atoms with Crippen LogP contribution >= 0.6 is 0 Å². The monoisotopic (exact) mass is 670 g/mol. The lowest BCUT2D eigenvalue weighted by Crippen LogP contribution is -2.42. The van der Waals surface area contributed by atoms with E-state index in [1.165, 1.54) is 0 Å². The molecule has 0 aromatic carbocycles. The molecule has 0 saturated carbocycles. The molecule has 7 heterocycles. The molecule has 0 bridgehead atoms. The number of amides is 6. The standard InChI is InChI=1S/C5H9NO.C4H8N2O.C4H8N2.2C4H7NO2.2C4H7NO.7H2/c7-5-3-1-2-4-6-5;7-4-5-2-1-3-6-4;1-4-5-2-3-6-4;6-4-3-7-2-1-5-4;6-4-5-2-1-3-7-4;1-4-5-2-3-6-4;6-4-2-1-3-5-4;;;;;;;/h1-4H2,(H,6,7);1-3H2,(H2,5,6,7);5-6H,1-3H2;2*1-3H2,(H,5,6);5H,1-3H2;1-3H2,(H,5,6);7*1H. The maximum absolute atomic E-state index is 10.4. The van der Waals surface area contributed by atoms with E-state index in [4.69, 9.17) is 9.47 Å². The van der Waals surface area contributed by atoms with Gasteiger partial charge in [-0.25, -0.2) is 9.59 Å². The smallest absolute Gasteiger partial charge is 0.407 e. The van der Waals surface area contributed by atoms with Crippen molar-refractivity contribution in [2.24, 2.45) is 0 Å². The van der Waals surface area contributed by atoms with Gasteiger partial charge in [0, 0.05) is 75.2 Å². The van der Waals surface area contributed by atoms with Gasteiger partial charge in [0.1, 0.15) is 13.2 Å². The van der Waals surface area contributed by atoms with E-state index in [0.29, 0.717) is 25.6 Å². The van der Waals surface area contributed by atoms with Crippen LogP contribution in [0.15, 0.2) is 24.9 Å². The van der Waals surface area contributed by atoms with E-state index >= 15 is 0 Å². The zero-order chi connectivity index (χ0) is 33.7. The van der Waals surface area contributed by atoms with Crippen LogP contribution in [0.1, 0.15) is 54.9 Å². The average Bonchev–Trinajstić information content (AvgIpc) is 3.86. The number of hydrogen-bond acceptors (Lipinski definition) is 11. The molecule has 0 atom stereocenters. The van der Waals surface area contributed by atoms with Gasteiger partial charge in [-0.05, 0) is 38.7 Å². The third kappa shape index (κ3) is 25.0. The van der Waals surface area contributed by atoms with Crippen molar-refractivity contribution < 1.29 is 48.2 Å². The normalized spacial score (nSPS) is 20.6. The molecule has 9 N–H and O–H groups in total. The maximum atomic E-state index is 10.4. The number of nitrogens with one attached hydrogen (secondary N) is 9. The van der Waals surface area contributed by atoms with Crippen LogP contribution in [-0.2, 0) is 28.6 Å². The fourth-order valence-corrected chi connectivity index (χ4v) is 3.71. The highest BCUT2D eigenvalue weighted by Gasteiger charge is 2.07. The van der Waals surface area contributed by atoms with Gasteiger partial charge in [-0.3, -0.25) is 14.4 Å². The van der Waals surface area contributed by atoms with E-state index in [0.717, 1.165) is 110 Å². The fourth-order valence-electron chi connectivity index (χ4n) is 3.71. The summed E-state index contributed by atoms with van der Waals surface area (Å²) in [6, 6.07) is -0.0359. The molecule has 0 unspecified atom stereocenters. The number of ether oxygens (including phenoxy) is 3. The van der Waals surface area contributed by atoms with E-state index in [-0.39, 0.29) is 46.4 Å². The minimum atomic E-state index is -0.286. The van der Waals surface area contributed by atoms with Crippen molar-refractivity contribution in [1.82, 2.24) is 47.9 Å². The molecule has 17 nitrogen and oxygen atoms in total. The van der Waals surface area contributed by atoms with Crippen LogP contribution < -0.4 is 47.9 Å². The van der Waals surface area contributed by atoms with Gasteiger partial charge in [0.15, 0.2) is 5.88 Å². The van der Waals surface area contributed by atoms with Gasteiger partial charge in [0.25, 0.3) is 0 Å². The highest BCUT2D eigenvalue weighted by molar-refractivity contribution is 5.78. The minimum absolute atomic E-state index is 0. The first-order valence-corrected chi connectivity index (χ1v) is 15.8. The SMILES string of the molecule is C=C1NCCN1.C=C1NCCO1.O=C1CCCCN1.O=C1CCCN1.O=C1COCCN1.O=C1NCCCN1.O=C1NCCCO1.[HH].[HH].[HH].[HH].[HH].[HH].[HH]. The minimum Gasteiger partial charge on any atom is -0.478 e. The summed E-state index contributed by atoms with van der Waals surface area (Å²) < 4.78 is 14.1. The summed E-state index contributed by atoms with van der Waals surface area (Å²) in [5, 5.41) is 24.8. The Morgan fingerprint density at radius 3 is 1.30 bits per heavy atom. The number of piperidine rings is 1.